The molecule has 29 heavy (non-hydrogen) atoms. The van der Waals surface area contributed by atoms with Crippen LogP contribution >= 0.6 is 0 Å². The molecule has 1 aromatic carbocycles. The molecule has 1 atom stereocenters. The van der Waals surface area contributed by atoms with Crippen LogP contribution in [0.15, 0.2) is 48.2 Å². The summed E-state index contributed by atoms with van der Waals surface area (Å²) in [5, 5.41) is 12.1. The highest BCUT2D eigenvalue weighted by Crippen LogP contribution is 2.31. The summed E-state index contributed by atoms with van der Waals surface area (Å²) in [5.74, 6) is 0.671. The van der Waals surface area contributed by atoms with Crippen molar-refractivity contribution in [1.29, 1.82) is 5.41 Å². The van der Waals surface area contributed by atoms with E-state index in [0.29, 0.717) is 5.92 Å². The van der Waals surface area contributed by atoms with E-state index in [1.807, 2.05) is 20.0 Å². The van der Waals surface area contributed by atoms with Gasteiger partial charge >= 0.3 is 0 Å². The maximum Gasteiger partial charge on any atom is 0.0590 e. The van der Waals surface area contributed by atoms with Gasteiger partial charge in [0, 0.05) is 7.05 Å². The maximum absolute atomic E-state index is 8.76. The van der Waals surface area contributed by atoms with Gasteiger partial charge in [0.25, 0.3) is 0 Å². The van der Waals surface area contributed by atoms with Crippen molar-refractivity contribution in [3.8, 4) is 12.8 Å². The van der Waals surface area contributed by atoms with Gasteiger partial charge in [0.05, 0.1) is 11.4 Å². The number of terminal acetylenes is 1. The Hall–Kier alpha value is -2.53. The van der Waals surface area contributed by atoms with E-state index in [2.05, 4.69) is 68.4 Å². The standard InChI is InChI=1S/C25H36N2.C2H2/c1-5-7-9-10-12-23-22-15-13-21(17-19(22)3)18-20(11-8-6-2)14-16-24(26)25(23)27-4;1-2/h5,7,9-10,13,15,17,20,26-27H,6,8,11-12,14,16,18H2,1-4H3;1-2H/b7-5-,10-9-,25-23+,26-24?;. The monoisotopic (exact) mass is 390 g/mol. The van der Waals surface area contributed by atoms with Gasteiger partial charge in [-0.05, 0) is 67.7 Å². The Bertz CT molecular complexity index is 762. The van der Waals surface area contributed by atoms with E-state index in [1.54, 1.807) is 0 Å². The van der Waals surface area contributed by atoms with Crippen LogP contribution in [0.1, 0.15) is 69.1 Å². The first-order valence-corrected chi connectivity index (χ1v) is 10.8. The average Bonchev–Trinajstić information content (AvgIpc) is 2.76. The molecule has 2 aliphatic rings. The number of benzene rings is 1. The minimum absolute atomic E-state index is 0.671. The second-order valence-electron chi connectivity index (χ2n) is 7.64. The molecule has 0 amide bonds. The summed E-state index contributed by atoms with van der Waals surface area (Å²) in [6, 6.07) is 6.95. The topological polar surface area (TPSA) is 35.9 Å². The molecular formula is C27H38N2. The third kappa shape index (κ3) is 7.42. The highest BCUT2D eigenvalue weighted by atomic mass is 14.9. The molecule has 2 aliphatic carbocycles. The average molecular weight is 391 g/mol. The van der Waals surface area contributed by atoms with Gasteiger partial charge in [-0.25, -0.2) is 0 Å². The molecule has 1 unspecified atom stereocenters. The van der Waals surface area contributed by atoms with Crippen LogP contribution in [0, 0.1) is 31.1 Å². The quantitative estimate of drug-likeness (QED) is 0.387. The summed E-state index contributed by atoms with van der Waals surface area (Å²) >= 11 is 0. The highest BCUT2D eigenvalue weighted by molar-refractivity contribution is 6.04. The van der Waals surface area contributed by atoms with Crippen molar-refractivity contribution in [3.63, 3.8) is 0 Å². The largest absolute Gasteiger partial charge is 0.386 e. The minimum atomic E-state index is 0.671. The molecule has 2 bridgehead atoms. The molecule has 0 radical (unpaired) electrons. The van der Waals surface area contributed by atoms with E-state index in [0.717, 1.165) is 37.1 Å². The second kappa shape index (κ2) is 13.6. The maximum atomic E-state index is 8.76. The lowest BCUT2D eigenvalue weighted by Crippen LogP contribution is -2.19. The Morgan fingerprint density at radius 3 is 2.62 bits per heavy atom. The molecule has 0 saturated carbocycles. The molecule has 0 aromatic heterocycles. The van der Waals surface area contributed by atoms with Crippen molar-refractivity contribution in [1.82, 2.24) is 5.32 Å². The highest BCUT2D eigenvalue weighted by Gasteiger charge is 2.19. The lowest BCUT2D eigenvalue weighted by atomic mass is 9.89. The number of allylic oxidation sites excluding steroid dienone is 6. The fourth-order valence-electron chi connectivity index (χ4n) is 4.05. The van der Waals surface area contributed by atoms with Gasteiger partial charge in [-0.15, -0.1) is 12.8 Å². The molecule has 0 saturated heterocycles. The van der Waals surface area contributed by atoms with Gasteiger partial charge in [-0.3, -0.25) is 0 Å². The van der Waals surface area contributed by atoms with Crippen molar-refractivity contribution in [2.75, 3.05) is 7.05 Å². The molecule has 1 aromatic rings. The lowest BCUT2D eigenvalue weighted by Gasteiger charge is -2.18. The van der Waals surface area contributed by atoms with Crippen LogP contribution in [0.2, 0.25) is 0 Å². The molecule has 3 rings (SSSR count). The van der Waals surface area contributed by atoms with Crippen molar-refractivity contribution >= 4 is 11.3 Å². The number of hydrogen-bond donors (Lipinski definition) is 2. The molecule has 0 spiro atoms. The van der Waals surface area contributed by atoms with Gasteiger partial charge in [0.1, 0.15) is 0 Å². The first-order chi connectivity index (χ1) is 14.1. The molecule has 0 aliphatic heterocycles. The first kappa shape index (κ1) is 24.5. The SMILES string of the molecule is C#C.C/C=C\C=C/C/C1=C(\NC)C(=N)CCC(CCCC)Cc2ccc1c(C)c2. The van der Waals surface area contributed by atoms with Gasteiger partial charge in [-0.1, -0.05) is 68.7 Å². The van der Waals surface area contributed by atoms with E-state index in [1.165, 1.54) is 41.5 Å². The summed E-state index contributed by atoms with van der Waals surface area (Å²) < 4.78 is 0. The van der Waals surface area contributed by atoms with Crippen LogP contribution in [-0.2, 0) is 6.42 Å². The zero-order chi connectivity index (χ0) is 21.6. The van der Waals surface area contributed by atoms with Crippen LogP contribution < -0.4 is 5.32 Å². The van der Waals surface area contributed by atoms with Crippen LogP contribution in [0.3, 0.4) is 0 Å². The summed E-state index contributed by atoms with van der Waals surface area (Å²) in [6.45, 7) is 6.51. The Labute approximate surface area is 178 Å². The number of hydrogen-bond acceptors (Lipinski definition) is 2. The van der Waals surface area contributed by atoms with Crippen LogP contribution in [0.5, 0.6) is 0 Å². The summed E-state index contributed by atoms with van der Waals surface area (Å²) in [7, 11) is 1.96. The fourth-order valence-corrected chi connectivity index (χ4v) is 4.05. The number of nitrogens with one attached hydrogen (secondary N) is 2. The van der Waals surface area contributed by atoms with Crippen LogP contribution in [0.4, 0.5) is 0 Å². The zero-order valence-electron chi connectivity index (χ0n) is 18.7. The van der Waals surface area contributed by atoms with Crippen LogP contribution in [0.25, 0.3) is 5.57 Å². The normalized spacial score (nSPS) is 19.8. The third-order valence-corrected chi connectivity index (χ3v) is 5.52. The van der Waals surface area contributed by atoms with Gasteiger partial charge < -0.3 is 10.7 Å². The predicted molar refractivity (Wildman–Crippen MR) is 129 cm³/mol. The predicted octanol–water partition coefficient (Wildman–Crippen LogP) is 6.86. The smallest absolute Gasteiger partial charge is 0.0590 e. The van der Waals surface area contributed by atoms with E-state index in [9.17, 15) is 0 Å². The summed E-state index contributed by atoms with van der Waals surface area (Å²) in [5.41, 5.74) is 7.02. The lowest BCUT2D eigenvalue weighted by molar-refractivity contribution is 0.438. The number of unbranched alkanes of at least 4 members (excludes halogenated alkanes) is 1. The van der Waals surface area contributed by atoms with E-state index < -0.39 is 0 Å². The number of aryl methyl sites for hydroxylation is 1. The summed E-state index contributed by atoms with van der Waals surface area (Å²) in [6.07, 6.45) is 24.1. The second-order valence-corrected chi connectivity index (χ2v) is 7.64. The van der Waals surface area contributed by atoms with Crippen molar-refractivity contribution < 1.29 is 0 Å². The Morgan fingerprint density at radius 1 is 1.24 bits per heavy atom. The fraction of sp³-hybridized carbons (Fsp3) is 0.444. The zero-order valence-corrected chi connectivity index (χ0v) is 18.7. The Balaban J connectivity index is 0.00000204. The molecule has 0 heterocycles. The van der Waals surface area contributed by atoms with Gasteiger partial charge in [0.15, 0.2) is 0 Å². The number of rotatable bonds is 7. The minimum Gasteiger partial charge on any atom is -0.386 e. The van der Waals surface area contributed by atoms with Crippen LogP contribution in [-0.4, -0.2) is 12.8 Å². The van der Waals surface area contributed by atoms with Crippen molar-refractivity contribution in [3.05, 3.63) is 64.9 Å². The molecular weight excluding hydrogens is 352 g/mol. The molecule has 2 nitrogen and oxygen atoms in total. The molecule has 0 fully saturated rings. The summed E-state index contributed by atoms with van der Waals surface area (Å²) in [4.78, 5) is 0. The Morgan fingerprint density at radius 2 is 2.00 bits per heavy atom. The Kier molecular flexibility index (Phi) is 11.5. The van der Waals surface area contributed by atoms with Gasteiger partial charge in [0.2, 0.25) is 0 Å². The van der Waals surface area contributed by atoms with E-state index >= 15 is 0 Å². The van der Waals surface area contributed by atoms with Crippen molar-refractivity contribution in [2.24, 2.45) is 5.92 Å². The van der Waals surface area contributed by atoms with E-state index in [4.69, 9.17) is 5.41 Å². The van der Waals surface area contributed by atoms with Crippen molar-refractivity contribution in [2.45, 2.75) is 65.7 Å². The molecule has 2 heteroatoms. The number of fused-ring (bicyclic) bond motifs is 7. The third-order valence-electron chi connectivity index (χ3n) is 5.52. The van der Waals surface area contributed by atoms with E-state index in [-0.39, 0.29) is 0 Å². The molecule has 156 valence electrons. The first-order valence-electron chi connectivity index (χ1n) is 10.8. The molecule has 2 N–H and O–H groups in total. The van der Waals surface area contributed by atoms with Gasteiger partial charge in [-0.2, -0.15) is 0 Å².